The van der Waals surface area contributed by atoms with Crippen molar-refractivity contribution in [3.05, 3.63) is 18.0 Å². The summed E-state index contributed by atoms with van der Waals surface area (Å²) in [6, 6.07) is 0. The molecule has 0 aliphatic carbocycles. The van der Waals surface area contributed by atoms with E-state index in [1.807, 2.05) is 65.7 Å². The maximum absolute atomic E-state index is 12.0. The van der Waals surface area contributed by atoms with Crippen molar-refractivity contribution in [3.63, 3.8) is 0 Å². The number of hydrogen-bond donors (Lipinski definition) is 3. The van der Waals surface area contributed by atoms with Crippen LogP contribution in [0.25, 0.3) is 0 Å². The second-order valence-corrected chi connectivity index (χ2v) is 8.26. The van der Waals surface area contributed by atoms with Crippen LogP contribution in [0.2, 0.25) is 0 Å². The molecule has 0 unspecified atom stereocenters. The first-order valence-corrected chi connectivity index (χ1v) is 9.51. The van der Waals surface area contributed by atoms with Crippen molar-refractivity contribution in [3.8, 4) is 0 Å². The predicted molar refractivity (Wildman–Crippen MR) is 124 cm³/mol. The summed E-state index contributed by atoms with van der Waals surface area (Å²) < 4.78 is 7.13. The van der Waals surface area contributed by atoms with Crippen LogP contribution >= 0.6 is 24.0 Å². The summed E-state index contributed by atoms with van der Waals surface area (Å²) in [5.41, 5.74) is 0.193. The van der Waals surface area contributed by atoms with Crippen molar-refractivity contribution in [2.45, 2.75) is 65.5 Å². The number of aryl methyl sites for hydroxylation is 2. The molecular formula is C19H37IN6O2. The van der Waals surface area contributed by atoms with Gasteiger partial charge in [-0.1, -0.05) is 0 Å². The number of ether oxygens (including phenoxy) is 1. The Kier molecular flexibility index (Phi) is 11.5. The average Bonchev–Trinajstić information content (AvgIpc) is 2.92. The van der Waals surface area contributed by atoms with Gasteiger partial charge in [-0.25, -0.2) is 4.79 Å². The van der Waals surface area contributed by atoms with Gasteiger partial charge < -0.3 is 20.7 Å². The summed E-state index contributed by atoms with van der Waals surface area (Å²) in [6.45, 7) is 13.4. The topological polar surface area (TPSA) is 92.6 Å². The molecular weight excluding hydrogens is 471 g/mol. The van der Waals surface area contributed by atoms with Crippen molar-refractivity contribution in [1.29, 1.82) is 0 Å². The molecule has 1 heterocycles. The Morgan fingerprint density at radius 2 is 1.93 bits per heavy atom. The second-order valence-electron chi connectivity index (χ2n) is 8.26. The van der Waals surface area contributed by atoms with Crippen molar-refractivity contribution in [1.82, 2.24) is 25.7 Å². The fourth-order valence-corrected chi connectivity index (χ4v) is 2.34. The minimum atomic E-state index is -0.520. The van der Waals surface area contributed by atoms with Gasteiger partial charge in [0.15, 0.2) is 5.96 Å². The van der Waals surface area contributed by atoms with E-state index in [0.717, 1.165) is 31.9 Å². The Bertz CT molecular complexity index is 622. The lowest BCUT2D eigenvalue weighted by molar-refractivity contribution is 0.0476. The lowest BCUT2D eigenvalue weighted by atomic mass is 10.1. The van der Waals surface area contributed by atoms with E-state index in [-0.39, 0.29) is 24.0 Å². The maximum Gasteiger partial charge on any atom is 0.408 e. The fourth-order valence-electron chi connectivity index (χ4n) is 2.34. The summed E-state index contributed by atoms with van der Waals surface area (Å²) in [6.07, 6.45) is 5.44. The number of aromatic nitrogens is 2. The Hall–Kier alpha value is -1.52. The third-order valence-corrected chi connectivity index (χ3v) is 3.51. The van der Waals surface area contributed by atoms with Gasteiger partial charge in [0.05, 0.1) is 18.3 Å². The Labute approximate surface area is 186 Å². The number of amides is 1. The Morgan fingerprint density at radius 1 is 1.25 bits per heavy atom. The third-order valence-electron chi connectivity index (χ3n) is 3.51. The zero-order valence-corrected chi connectivity index (χ0v) is 20.6. The van der Waals surface area contributed by atoms with E-state index in [1.165, 1.54) is 5.56 Å². The standard InChI is InChI=1S/C19H36N6O2.HI/c1-8-20-16(21-11-9-10-15-12-23-25(7)13-15)22-14-19(5,6)24-17(26)27-18(2,3)4;/h12-13H,8-11,14H2,1-7H3,(H,24,26)(H2,20,21,22);1H. The second kappa shape index (κ2) is 12.1. The molecule has 0 aliphatic rings. The van der Waals surface area contributed by atoms with Gasteiger partial charge in [-0.05, 0) is 59.9 Å². The van der Waals surface area contributed by atoms with Gasteiger partial charge in [0, 0.05) is 26.3 Å². The molecule has 0 radical (unpaired) electrons. The highest BCUT2D eigenvalue weighted by Crippen LogP contribution is 2.09. The third kappa shape index (κ3) is 12.0. The first-order valence-electron chi connectivity index (χ1n) is 9.51. The number of rotatable bonds is 8. The van der Waals surface area contributed by atoms with Gasteiger partial charge in [-0.3, -0.25) is 9.67 Å². The van der Waals surface area contributed by atoms with Crippen LogP contribution in [-0.2, 0) is 18.2 Å². The minimum absolute atomic E-state index is 0. The Morgan fingerprint density at radius 3 is 2.46 bits per heavy atom. The van der Waals surface area contributed by atoms with Crippen LogP contribution in [0.5, 0.6) is 0 Å². The molecule has 1 aromatic heterocycles. The van der Waals surface area contributed by atoms with Crippen LogP contribution in [-0.4, -0.2) is 52.6 Å². The monoisotopic (exact) mass is 508 g/mol. The SMILES string of the molecule is CCNC(=NCC(C)(C)NC(=O)OC(C)(C)C)NCCCc1cnn(C)c1.I. The number of aliphatic imine (C=N–C) groups is 1. The molecule has 3 N–H and O–H groups in total. The van der Waals surface area contributed by atoms with Crippen molar-refractivity contribution >= 4 is 36.0 Å². The van der Waals surface area contributed by atoms with Crippen LogP contribution in [0.4, 0.5) is 4.79 Å². The number of alkyl carbamates (subject to hydrolysis) is 1. The summed E-state index contributed by atoms with van der Waals surface area (Å²) in [5, 5.41) is 13.6. The van der Waals surface area contributed by atoms with Gasteiger partial charge >= 0.3 is 6.09 Å². The number of carbonyl (C=O) groups excluding carboxylic acids is 1. The number of carbonyl (C=O) groups is 1. The number of nitrogens with one attached hydrogen (secondary N) is 3. The van der Waals surface area contributed by atoms with Crippen LogP contribution in [0.1, 0.15) is 53.5 Å². The highest BCUT2D eigenvalue weighted by atomic mass is 127. The molecule has 8 nitrogen and oxygen atoms in total. The van der Waals surface area contributed by atoms with Crippen LogP contribution in [0.3, 0.4) is 0 Å². The molecule has 0 saturated carbocycles. The number of guanidine groups is 1. The van der Waals surface area contributed by atoms with Crippen LogP contribution in [0, 0.1) is 0 Å². The van der Waals surface area contributed by atoms with E-state index in [0.29, 0.717) is 6.54 Å². The summed E-state index contributed by atoms with van der Waals surface area (Å²) in [5.74, 6) is 0.739. The molecule has 0 aliphatic heterocycles. The summed E-state index contributed by atoms with van der Waals surface area (Å²) >= 11 is 0. The number of hydrogen-bond acceptors (Lipinski definition) is 4. The highest BCUT2D eigenvalue weighted by Gasteiger charge is 2.24. The first kappa shape index (κ1) is 26.5. The molecule has 0 spiro atoms. The average molecular weight is 508 g/mol. The lowest BCUT2D eigenvalue weighted by Crippen LogP contribution is -2.49. The molecule has 0 fully saturated rings. The van der Waals surface area contributed by atoms with Crippen LogP contribution in [0.15, 0.2) is 17.4 Å². The molecule has 9 heteroatoms. The van der Waals surface area contributed by atoms with Crippen molar-refractivity contribution < 1.29 is 9.53 Å². The van der Waals surface area contributed by atoms with Gasteiger partial charge in [-0.2, -0.15) is 5.10 Å². The molecule has 1 rings (SSSR count). The van der Waals surface area contributed by atoms with E-state index < -0.39 is 17.2 Å². The summed E-state index contributed by atoms with van der Waals surface area (Å²) in [4.78, 5) is 16.6. The van der Waals surface area contributed by atoms with Gasteiger partial charge in [0.1, 0.15) is 5.60 Å². The Balaban J connectivity index is 0.00000729. The molecule has 0 saturated heterocycles. The van der Waals surface area contributed by atoms with E-state index >= 15 is 0 Å². The zero-order valence-electron chi connectivity index (χ0n) is 18.3. The predicted octanol–water partition coefficient (Wildman–Crippen LogP) is 2.83. The summed E-state index contributed by atoms with van der Waals surface area (Å²) in [7, 11) is 1.92. The van der Waals surface area contributed by atoms with Gasteiger partial charge in [-0.15, -0.1) is 24.0 Å². The quantitative estimate of drug-likeness (QED) is 0.218. The molecule has 0 aromatic carbocycles. The van der Waals surface area contributed by atoms with Crippen molar-refractivity contribution in [2.24, 2.45) is 12.0 Å². The first-order chi connectivity index (χ1) is 12.5. The van der Waals surface area contributed by atoms with Crippen LogP contribution < -0.4 is 16.0 Å². The van der Waals surface area contributed by atoms with E-state index in [4.69, 9.17) is 4.74 Å². The largest absolute Gasteiger partial charge is 0.444 e. The molecule has 28 heavy (non-hydrogen) atoms. The van der Waals surface area contributed by atoms with Gasteiger partial charge in [0.2, 0.25) is 0 Å². The lowest BCUT2D eigenvalue weighted by Gasteiger charge is -2.27. The molecule has 1 aromatic rings. The zero-order chi connectivity index (χ0) is 20.5. The fraction of sp³-hybridized carbons (Fsp3) is 0.737. The molecule has 0 atom stereocenters. The van der Waals surface area contributed by atoms with E-state index in [1.54, 1.807) is 0 Å². The van der Waals surface area contributed by atoms with Crippen molar-refractivity contribution in [2.75, 3.05) is 19.6 Å². The van der Waals surface area contributed by atoms with E-state index in [2.05, 4.69) is 26.0 Å². The minimum Gasteiger partial charge on any atom is -0.444 e. The normalized spacial score (nSPS) is 12.2. The number of halogens is 1. The molecule has 162 valence electrons. The molecule has 0 bridgehead atoms. The number of nitrogens with zero attached hydrogens (tertiary/aromatic N) is 3. The highest BCUT2D eigenvalue weighted by molar-refractivity contribution is 14.0. The molecule has 1 amide bonds. The maximum atomic E-state index is 12.0. The smallest absolute Gasteiger partial charge is 0.408 e. The van der Waals surface area contributed by atoms with Gasteiger partial charge in [0.25, 0.3) is 0 Å². The van der Waals surface area contributed by atoms with E-state index in [9.17, 15) is 4.79 Å².